The third-order valence-electron chi connectivity index (χ3n) is 2.40. The molecule has 0 aromatic heterocycles. The highest BCUT2D eigenvalue weighted by Gasteiger charge is 2.11. The summed E-state index contributed by atoms with van der Waals surface area (Å²) in [5.74, 6) is 0.324. The molecule has 0 bridgehead atoms. The molecule has 0 radical (unpaired) electrons. The zero-order valence-corrected chi connectivity index (χ0v) is 11.0. The van der Waals surface area contributed by atoms with E-state index in [0.29, 0.717) is 18.9 Å². The van der Waals surface area contributed by atoms with Gasteiger partial charge in [-0.25, -0.2) is 0 Å². The first-order valence-electron chi connectivity index (χ1n) is 5.55. The van der Waals surface area contributed by atoms with Gasteiger partial charge in [0, 0.05) is 13.0 Å². The van der Waals surface area contributed by atoms with Crippen LogP contribution in [0.4, 0.5) is 0 Å². The molecule has 1 atom stereocenters. The maximum atomic E-state index is 11.7. The van der Waals surface area contributed by atoms with Crippen LogP contribution in [0, 0.1) is 6.92 Å². The van der Waals surface area contributed by atoms with Gasteiger partial charge in [-0.05, 0) is 12.5 Å². The molecule has 0 aliphatic carbocycles. The van der Waals surface area contributed by atoms with Crippen LogP contribution in [0.15, 0.2) is 24.3 Å². The van der Waals surface area contributed by atoms with Crippen LogP contribution in [0.25, 0.3) is 0 Å². The zero-order chi connectivity index (χ0) is 12.7. The Bertz CT molecular complexity index is 351. The summed E-state index contributed by atoms with van der Waals surface area (Å²) in [6, 6.07) is 7.79. The second kappa shape index (κ2) is 7.30. The van der Waals surface area contributed by atoms with Crippen LogP contribution in [0.2, 0.25) is 0 Å². The maximum absolute atomic E-state index is 11.7. The number of ether oxygens (including phenoxy) is 1. The Balaban J connectivity index is 2.46. The van der Waals surface area contributed by atoms with E-state index in [0.717, 1.165) is 5.56 Å². The number of aryl methyl sites for hydroxylation is 1. The Hall–Kier alpha value is -1.06. The van der Waals surface area contributed by atoms with Crippen LogP contribution in [0.3, 0.4) is 0 Å². The van der Waals surface area contributed by atoms with E-state index in [-0.39, 0.29) is 11.9 Å². The standard InChI is InChI=1S/C13H18ClNO2/c1-10-3-5-11(6-4-10)7-13(16)15-12(8-14)9-17-2/h3-6,12H,7-9H2,1-2H3,(H,15,16). The predicted octanol–water partition coefficient (Wildman–Crippen LogP) is 1.91. The molecule has 0 aliphatic rings. The monoisotopic (exact) mass is 255 g/mol. The average Bonchev–Trinajstić information content (AvgIpc) is 2.31. The van der Waals surface area contributed by atoms with E-state index >= 15 is 0 Å². The summed E-state index contributed by atoms with van der Waals surface area (Å²) in [6.45, 7) is 2.45. The smallest absolute Gasteiger partial charge is 0.224 e. The quantitative estimate of drug-likeness (QED) is 0.789. The van der Waals surface area contributed by atoms with E-state index in [1.165, 1.54) is 5.56 Å². The molecule has 17 heavy (non-hydrogen) atoms. The SMILES string of the molecule is COCC(CCl)NC(=O)Cc1ccc(C)cc1. The summed E-state index contributed by atoms with van der Waals surface area (Å²) in [6.07, 6.45) is 0.372. The third-order valence-corrected chi connectivity index (χ3v) is 2.78. The molecule has 1 unspecified atom stereocenters. The molecule has 1 aromatic rings. The van der Waals surface area contributed by atoms with Crippen molar-refractivity contribution in [2.75, 3.05) is 19.6 Å². The Morgan fingerprint density at radius 2 is 2.06 bits per heavy atom. The maximum Gasteiger partial charge on any atom is 0.224 e. The Kier molecular flexibility index (Phi) is 6.01. The highest BCUT2D eigenvalue weighted by molar-refractivity contribution is 6.18. The molecule has 0 saturated carbocycles. The van der Waals surface area contributed by atoms with Crippen LogP contribution >= 0.6 is 11.6 Å². The minimum absolute atomic E-state index is 0.0310. The van der Waals surface area contributed by atoms with Gasteiger partial charge in [0.05, 0.1) is 19.1 Å². The fourth-order valence-electron chi connectivity index (χ4n) is 1.50. The number of rotatable bonds is 6. The average molecular weight is 256 g/mol. The fraction of sp³-hybridized carbons (Fsp3) is 0.462. The summed E-state index contributed by atoms with van der Waals surface area (Å²) in [7, 11) is 1.59. The minimum atomic E-state index is -0.125. The summed E-state index contributed by atoms with van der Waals surface area (Å²) in [4.78, 5) is 11.7. The van der Waals surface area contributed by atoms with Crippen molar-refractivity contribution in [2.45, 2.75) is 19.4 Å². The number of alkyl halides is 1. The molecule has 0 heterocycles. The number of hydrogen-bond donors (Lipinski definition) is 1. The molecule has 1 rings (SSSR count). The third kappa shape index (κ3) is 5.20. The topological polar surface area (TPSA) is 38.3 Å². The van der Waals surface area contributed by atoms with Crippen molar-refractivity contribution in [3.63, 3.8) is 0 Å². The van der Waals surface area contributed by atoms with Crippen molar-refractivity contribution in [1.29, 1.82) is 0 Å². The summed E-state index contributed by atoms with van der Waals surface area (Å²) < 4.78 is 4.96. The molecule has 1 N–H and O–H groups in total. The number of methoxy groups -OCH3 is 1. The Morgan fingerprint density at radius 3 is 2.59 bits per heavy atom. The number of benzene rings is 1. The highest BCUT2D eigenvalue weighted by atomic mass is 35.5. The van der Waals surface area contributed by atoms with E-state index in [1.807, 2.05) is 31.2 Å². The normalized spacial score (nSPS) is 12.2. The first-order valence-corrected chi connectivity index (χ1v) is 6.09. The highest BCUT2D eigenvalue weighted by Crippen LogP contribution is 2.04. The molecule has 0 saturated heterocycles. The van der Waals surface area contributed by atoms with Crippen molar-refractivity contribution >= 4 is 17.5 Å². The van der Waals surface area contributed by atoms with Gasteiger partial charge in [-0.15, -0.1) is 11.6 Å². The molecule has 0 fully saturated rings. The van der Waals surface area contributed by atoms with Gasteiger partial charge in [0.25, 0.3) is 0 Å². The fourth-order valence-corrected chi connectivity index (χ4v) is 1.66. The Morgan fingerprint density at radius 1 is 1.41 bits per heavy atom. The van der Waals surface area contributed by atoms with Crippen LogP contribution in [0.5, 0.6) is 0 Å². The predicted molar refractivity (Wildman–Crippen MR) is 69.4 cm³/mol. The van der Waals surface area contributed by atoms with E-state index in [2.05, 4.69) is 5.32 Å². The van der Waals surface area contributed by atoms with E-state index in [9.17, 15) is 4.79 Å². The first kappa shape index (κ1) is 14.0. The number of halogens is 1. The van der Waals surface area contributed by atoms with E-state index < -0.39 is 0 Å². The van der Waals surface area contributed by atoms with Crippen LogP contribution < -0.4 is 5.32 Å². The van der Waals surface area contributed by atoms with Gasteiger partial charge in [-0.3, -0.25) is 4.79 Å². The van der Waals surface area contributed by atoms with Crippen molar-refractivity contribution in [3.05, 3.63) is 35.4 Å². The summed E-state index contributed by atoms with van der Waals surface area (Å²) in [5, 5.41) is 2.83. The van der Waals surface area contributed by atoms with Crippen LogP contribution in [-0.2, 0) is 16.0 Å². The number of nitrogens with one attached hydrogen (secondary N) is 1. The lowest BCUT2D eigenvalue weighted by molar-refractivity contribution is -0.121. The van der Waals surface area contributed by atoms with E-state index in [4.69, 9.17) is 16.3 Å². The van der Waals surface area contributed by atoms with Crippen molar-refractivity contribution < 1.29 is 9.53 Å². The van der Waals surface area contributed by atoms with Gasteiger partial charge in [0.2, 0.25) is 5.91 Å². The lowest BCUT2D eigenvalue weighted by Crippen LogP contribution is -2.40. The lowest BCUT2D eigenvalue weighted by Gasteiger charge is -2.14. The van der Waals surface area contributed by atoms with E-state index in [1.54, 1.807) is 7.11 Å². The first-order chi connectivity index (χ1) is 8.15. The number of carbonyl (C=O) groups excluding carboxylic acids is 1. The summed E-state index contributed by atoms with van der Waals surface area (Å²) in [5.41, 5.74) is 2.19. The van der Waals surface area contributed by atoms with Crippen molar-refractivity contribution in [2.24, 2.45) is 0 Å². The Labute approximate surface area is 107 Å². The van der Waals surface area contributed by atoms with Crippen LogP contribution in [0.1, 0.15) is 11.1 Å². The molecule has 1 aromatic carbocycles. The van der Waals surface area contributed by atoms with Crippen molar-refractivity contribution in [1.82, 2.24) is 5.32 Å². The lowest BCUT2D eigenvalue weighted by atomic mass is 10.1. The zero-order valence-electron chi connectivity index (χ0n) is 10.2. The molecule has 94 valence electrons. The molecule has 0 spiro atoms. The van der Waals surface area contributed by atoms with Crippen molar-refractivity contribution in [3.8, 4) is 0 Å². The molecule has 1 amide bonds. The molecular weight excluding hydrogens is 238 g/mol. The summed E-state index contributed by atoms with van der Waals surface area (Å²) >= 11 is 5.72. The minimum Gasteiger partial charge on any atom is -0.383 e. The van der Waals surface area contributed by atoms with Gasteiger partial charge in [0.15, 0.2) is 0 Å². The molecule has 3 nitrogen and oxygen atoms in total. The molecular formula is C13H18ClNO2. The van der Waals surface area contributed by atoms with Crippen LogP contribution in [-0.4, -0.2) is 31.5 Å². The number of amides is 1. The number of carbonyl (C=O) groups is 1. The van der Waals surface area contributed by atoms with Gasteiger partial charge < -0.3 is 10.1 Å². The van der Waals surface area contributed by atoms with Gasteiger partial charge in [-0.1, -0.05) is 29.8 Å². The largest absolute Gasteiger partial charge is 0.383 e. The second-order valence-electron chi connectivity index (χ2n) is 4.04. The van der Waals surface area contributed by atoms with Gasteiger partial charge >= 0.3 is 0 Å². The van der Waals surface area contributed by atoms with Gasteiger partial charge in [-0.2, -0.15) is 0 Å². The van der Waals surface area contributed by atoms with Gasteiger partial charge in [0.1, 0.15) is 0 Å². The number of hydrogen-bond acceptors (Lipinski definition) is 2. The second-order valence-corrected chi connectivity index (χ2v) is 4.35. The molecule has 4 heteroatoms. The molecule has 0 aliphatic heterocycles.